The highest BCUT2D eigenvalue weighted by molar-refractivity contribution is 7.89. The van der Waals surface area contributed by atoms with Crippen LogP contribution in [0.15, 0.2) is 4.90 Å². The average molecular weight is 418 g/mol. The Bertz CT molecular complexity index is 780. The maximum atomic E-state index is 12.9. The van der Waals surface area contributed by atoms with Crippen molar-refractivity contribution in [3.63, 3.8) is 0 Å². The van der Waals surface area contributed by atoms with Gasteiger partial charge in [-0.3, -0.25) is 4.79 Å². The van der Waals surface area contributed by atoms with Gasteiger partial charge >= 0.3 is 0 Å². The molecule has 27 heavy (non-hydrogen) atoms. The first-order valence-corrected chi connectivity index (χ1v) is 10.6. The number of carbonyl (C=O) groups excluding carboxylic acids is 1. The van der Waals surface area contributed by atoms with E-state index < -0.39 is 10.0 Å². The number of benzene rings is 1. The van der Waals surface area contributed by atoms with Crippen LogP contribution in [-0.2, 0) is 14.8 Å². The highest BCUT2D eigenvalue weighted by Crippen LogP contribution is 2.29. The van der Waals surface area contributed by atoms with Gasteiger partial charge < -0.3 is 10.2 Å². The Balaban J connectivity index is 0.00000364. The lowest BCUT2D eigenvalue weighted by Gasteiger charge is -2.34. The summed E-state index contributed by atoms with van der Waals surface area (Å²) in [5.74, 6) is -0.00795. The molecule has 0 spiro atoms. The van der Waals surface area contributed by atoms with E-state index in [-0.39, 0.29) is 37.3 Å². The summed E-state index contributed by atoms with van der Waals surface area (Å²) in [4.78, 5) is 14.6. The number of hydrogen-bond donors (Lipinski definition) is 2. The Hall–Kier alpha value is -1.15. The second-order valence-corrected chi connectivity index (χ2v) is 8.95. The molecule has 0 saturated carbocycles. The maximum Gasteiger partial charge on any atom is 0.241 e. The summed E-state index contributed by atoms with van der Waals surface area (Å²) in [6, 6.07) is 0.139. The fraction of sp³-hybridized carbons (Fsp3) is 0.632. The van der Waals surface area contributed by atoms with Crippen molar-refractivity contribution in [1.29, 1.82) is 0 Å². The van der Waals surface area contributed by atoms with Crippen LogP contribution in [0.25, 0.3) is 0 Å². The van der Waals surface area contributed by atoms with Crippen molar-refractivity contribution >= 4 is 28.3 Å². The van der Waals surface area contributed by atoms with Crippen LogP contribution in [0.5, 0.6) is 0 Å². The van der Waals surface area contributed by atoms with Crippen LogP contribution < -0.4 is 10.0 Å². The molecule has 2 rings (SSSR count). The molecule has 6 nitrogen and oxygen atoms in total. The predicted molar refractivity (Wildman–Crippen MR) is 111 cm³/mol. The largest absolute Gasteiger partial charge is 0.337 e. The monoisotopic (exact) mass is 417 g/mol. The molecule has 1 heterocycles. The number of nitrogens with one attached hydrogen (secondary N) is 2. The number of halogens is 1. The van der Waals surface area contributed by atoms with E-state index in [0.29, 0.717) is 11.4 Å². The zero-order valence-electron chi connectivity index (χ0n) is 17.1. The van der Waals surface area contributed by atoms with E-state index in [9.17, 15) is 13.2 Å². The lowest BCUT2D eigenvalue weighted by atomic mass is 9.95. The quantitative estimate of drug-likeness (QED) is 0.769. The lowest BCUT2D eigenvalue weighted by molar-refractivity contribution is -0.133. The molecule has 1 saturated heterocycles. The van der Waals surface area contributed by atoms with Gasteiger partial charge in [-0.1, -0.05) is 0 Å². The Morgan fingerprint density at radius 2 is 1.59 bits per heavy atom. The molecule has 154 valence electrons. The Morgan fingerprint density at radius 3 is 2.11 bits per heavy atom. The molecule has 1 aliphatic heterocycles. The molecule has 2 N–H and O–H groups in total. The van der Waals surface area contributed by atoms with Gasteiger partial charge in [0, 0.05) is 38.6 Å². The SMILES string of the molecule is Cc1c(C)c(C)c(S(=O)(=O)NCCC(=O)N2CCNCC2C)c(C)c1C.Cl. The third-order valence-electron chi connectivity index (χ3n) is 5.65. The number of rotatable bonds is 5. The minimum Gasteiger partial charge on any atom is -0.337 e. The maximum absolute atomic E-state index is 12.9. The molecule has 1 aromatic carbocycles. The molecule has 1 aromatic rings. The molecule has 1 atom stereocenters. The van der Waals surface area contributed by atoms with Crippen molar-refractivity contribution in [3.8, 4) is 0 Å². The molecule has 1 unspecified atom stereocenters. The third-order valence-corrected chi connectivity index (χ3v) is 7.39. The van der Waals surface area contributed by atoms with Crippen LogP contribution in [0.3, 0.4) is 0 Å². The van der Waals surface area contributed by atoms with E-state index in [1.807, 2.05) is 46.4 Å². The second-order valence-electron chi connectivity index (χ2n) is 7.24. The number of amides is 1. The van der Waals surface area contributed by atoms with Crippen LogP contribution >= 0.6 is 12.4 Å². The summed E-state index contributed by atoms with van der Waals surface area (Å²) >= 11 is 0. The number of nitrogens with zero attached hydrogens (tertiary/aromatic N) is 1. The van der Waals surface area contributed by atoms with Crippen molar-refractivity contribution in [2.75, 3.05) is 26.2 Å². The van der Waals surface area contributed by atoms with Crippen LogP contribution in [0.2, 0.25) is 0 Å². The molecule has 0 bridgehead atoms. The first-order valence-electron chi connectivity index (χ1n) is 9.14. The van der Waals surface area contributed by atoms with E-state index in [4.69, 9.17) is 0 Å². The van der Waals surface area contributed by atoms with Gasteiger partial charge in [0.25, 0.3) is 0 Å². The molecular formula is C19H32ClN3O3S. The van der Waals surface area contributed by atoms with Crippen molar-refractivity contribution in [2.24, 2.45) is 0 Å². The zero-order valence-corrected chi connectivity index (χ0v) is 18.7. The van der Waals surface area contributed by atoms with Gasteiger partial charge in [-0.2, -0.15) is 0 Å². The van der Waals surface area contributed by atoms with Crippen molar-refractivity contribution < 1.29 is 13.2 Å². The van der Waals surface area contributed by atoms with Crippen LogP contribution in [0.1, 0.15) is 41.2 Å². The van der Waals surface area contributed by atoms with E-state index in [1.54, 1.807) is 0 Å². The molecule has 8 heteroatoms. The molecule has 1 aliphatic rings. The Kier molecular flexibility index (Phi) is 8.29. The van der Waals surface area contributed by atoms with Gasteiger partial charge in [-0.15, -0.1) is 12.4 Å². The van der Waals surface area contributed by atoms with E-state index in [1.165, 1.54) is 0 Å². The van der Waals surface area contributed by atoms with Gasteiger partial charge in [0.1, 0.15) is 0 Å². The van der Waals surface area contributed by atoms with Crippen LogP contribution in [0, 0.1) is 34.6 Å². The van der Waals surface area contributed by atoms with E-state index in [0.717, 1.165) is 40.9 Å². The molecule has 0 aliphatic carbocycles. The summed E-state index contributed by atoms with van der Waals surface area (Å²) in [7, 11) is -3.66. The van der Waals surface area contributed by atoms with Crippen LogP contribution in [0.4, 0.5) is 0 Å². The van der Waals surface area contributed by atoms with Crippen molar-refractivity contribution in [1.82, 2.24) is 14.9 Å². The highest BCUT2D eigenvalue weighted by Gasteiger charge is 2.25. The van der Waals surface area contributed by atoms with E-state index in [2.05, 4.69) is 10.0 Å². The fourth-order valence-electron chi connectivity index (χ4n) is 3.59. The normalized spacial score (nSPS) is 17.6. The molecular weight excluding hydrogens is 386 g/mol. The number of sulfonamides is 1. The average Bonchev–Trinajstić information content (AvgIpc) is 2.58. The van der Waals surface area contributed by atoms with Crippen molar-refractivity contribution in [3.05, 3.63) is 27.8 Å². The summed E-state index contributed by atoms with van der Waals surface area (Å²) in [5, 5.41) is 3.24. The highest BCUT2D eigenvalue weighted by atomic mass is 35.5. The summed E-state index contributed by atoms with van der Waals surface area (Å²) in [6.45, 7) is 13.9. The molecule has 0 radical (unpaired) electrons. The molecule has 0 aromatic heterocycles. The third kappa shape index (κ3) is 5.02. The van der Waals surface area contributed by atoms with Gasteiger partial charge in [-0.25, -0.2) is 13.1 Å². The minimum atomic E-state index is -3.66. The Labute approximate surface area is 169 Å². The lowest BCUT2D eigenvalue weighted by Crippen LogP contribution is -2.52. The van der Waals surface area contributed by atoms with Gasteiger partial charge in [0.15, 0.2) is 0 Å². The smallest absolute Gasteiger partial charge is 0.241 e. The predicted octanol–water partition coefficient (Wildman–Crippen LogP) is 2.14. The summed E-state index contributed by atoms with van der Waals surface area (Å²) < 4.78 is 28.4. The van der Waals surface area contributed by atoms with Gasteiger partial charge in [-0.05, 0) is 69.4 Å². The topological polar surface area (TPSA) is 78.5 Å². The van der Waals surface area contributed by atoms with Gasteiger partial charge in [0.2, 0.25) is 15.9 Å². The minimum absolute atomic E-state index is 0. The second kappa shape index (κ2) is 9.37. The number of carbonyl (C=O) groups is 1. The first-order chi connectivity index (χ1) is 12.1. The first kappa shape index (κ1) is 23.9. The zero-order chi connectivity index (χ0) is 19.6. The molecule has 1 amide bonds. The van der Waals surface area contributed by atoms with Crippen LogP contribution in [-0.4, -0.2) is 51.4 Å². The van der Waals surface area contributed by atoms with Crippen molar-refractivity contribution in [2.45, 2.75) is 58.9 Å². The Morgan fingerprint density at radius 1 is 1.07 bits per heavy atom. The molecule has 1 fully saturated rings. The standard InChI is InChI=1S/C19H31N3O3S.ClH/c1-12-11-20-9-10-22(12)18(23)7-8-21-26(24,25)19-16(5)14(3)13(2)15(4)17(19)6;/h12,20-21H,7-11H2,1-6H3;1H. The number of hydrogen-bond acceptors (Lipinski definition) is 4. The summed E-state index contributed by atoms with van der Waals surface area (Å²) in [6.07, 6.45) is 0.172. The summed E-state index contributed by atoms with van der Waals surface area (Å²) in [5.41, 5.74) is 4.68. The number of piperazine rings is 1. The fourth-order valence-corrected chi connectivity index (χ4v) is 5.22. The van der Waals surface area contributed by atoms with Gasteiger partial charge in [0.05, 0.1) is 4.90 Å². The van der Waals surface area contributed by atoms with E-state index >= 15 is 0 Å².